The van der Waals surface area contributed by atoms with Gasteiger partial charge in [0.1, 0.15) is 5.69 Å². The first-order valence-corrected chi connectivity index (χ1v) is 7.60. The zero-order valence-electron chi connectivity index (χ0n) is 12.7. The van der Waals surface area contributed by atoms with Crippen LogP contribution in [0.15, 0.2) is 6.07 Å². The number of hydrogen-bond donors (Lipinski definition) is 1. The molecule has 1 N–H and O–H groups in total. The molecule has 1 aliphatic heterocycles. The monoisotopic (exact) mass is 279 g/mol. The third-order valence-electron chi connectivity index (χ3n) is 4.22. The summed E-state index contributed by atoms with van der Waals surface area (Å²) >= 11 is 0. The largest absolute Gasteiger partial charge is 0.393 e. The first-order valence-electron chi connectivity index (χ1n) is 7.60. The molecule has 5 heteroatoms. The number of nitrogens with zero attached hydrogens (tertiary/aromatic N) is 3. The van der Waals surface area contributed by atoms with Gasteiger partial charge in [0.2, 0.25) is 0 Å². The molecule has 0 aliphatic carbocycles. The number of likely N-dealkylation sites (tertiary alicyclic amines) is 1. The zero-order chi connectivity index (χ0) is 14.7. The maximum Gasteiger partial charge on any atom is 0.272 e. The highest BCUT2D eigenvalue weighted by Gasteiger charge is 2.27. The lowest BCUT2D eigenvalue weighted by molar-refractivity contribution is 0.0512. The number of carbonyl (C=O) groups is 1. The highest BCUT2D eigenvalue weighted by atomic mass is 16.3. The molecule has 1 fully saturated rings. The number of piperidine rings is 1. The summed E-state index contributed by atoms with van der Waals surface area (Å²) in [5.74, 6) is 0.393. The van der Waals surface area contributed by atoms with Gasteiger partial charge in [0, 0.05) is 19.6 Å². The van der Waals surface area contributed by atoms with E-state index < -0.39 is 0 Å². The van der Waals surface area contributed by atoms with Gasteiger partial charge in [-0.2, -0.15) is 5.10 Å². The van der Waals surface area contributed by atoms with E-state index in [4.69, 9.17) is 0 Å². The Labute approximate surface area is 120 Å². The van der Waals surface area contributed by atoms with E-state index in [0.29, 0.717) is 18.2 Å². The Hall–Kier alpha value is -1.36. The number of aliphatic hydroxyl groups excluding tert-OH is 1. The molecule has 0 radical (unpaired) electrons. The van der Waals surface area contributed by atoms with Crippen molar-refractivity contribution >= 4 is 5.91 Å². The summed E-state index contributed by atoms with van der Waals surface area (Å²) in [7, 11) is 0. The fraction of sp³-hybridized carbons (Fsp3) is 0.733. The summed E-state index contributed by atoms with van der Waals surface area (Å²) in [6, 6.07) is 1.91. The van der Waals surface area contributed by atoms with Crippen LogP contribution in [0, 0.1) is 5.92 Å². The molecule has 112 valence electrons. The van der Waals surface area contributed by atoms with Crippen LogP contribution in [0.25, 0.3) is 0 Å². The lowest BCUT2D eigenvalue weighted by atomic mass is 9.92. The van der Waals surface area contributed by atoms with Gasteiger partial charge in [-0.1, -0.05) is 6.92 Å². The summed E-state index contributed by atoms with van der Waals surface area (Å²) in [6.45, 7) is 8.05. The number of carbonyl (C=O) groups excluding carboxylic acids is 1. The van der Waals surface area contributed by atoms with E-state index in [1.165, 1.54) is 0 Å². The maximum atomic E-state index is 12.6. The van der Waals surface area contributed by atoms with Crippen molar-refractivity contribution in [3.8, 4) is 0 Å². The number of hydrogen-bond acceptors (Lipinski definition) is 3. The molecule has 1 saturated heterocycles. The second kappa shape index (κ2) is 6.39. The molecule has 20 heavy (non-hydrogen) atoms. The van der Waals surface area contributed by atoms with Crippen molar-refractivity contribution in [2.45, 2.75) is 52.7 Å². The lowest BCUT2D eigenvalue weighted by Gasteiger charge is -2.33. The van der Waals surface area contributed by atoms with Crippen LogP contribution in [0.3, 0.4) is 0 Å². The molecule has 1 aromatic heterocycles. The minimum absolute atomic E-state index is 0.0723. The van der Waals surface area contributed by atoms with E-state index in [2.05, 4.69) is 5.10 Å². The van der Waals surface area contributed by atoms with Crippen LogP contribution < -0.4 is 0 Å². The molecule has 0 spiro atoms. The van der Waals surface area contributed by atoms with Crippen molar-refractivity contribution < 1.29 is 9.90 Å². The van der Waals surface area contributed by atoms with Crippen molar-refractivity contribution in [3.05, 3.63) is 17.5 Å². The third-order valence-corrected chi connectivity index (χ3v) is 4.22. The number of aromatic nitrogens is 2. The van der Waals surface area contributed by atoms with Crippen molar-refractivity contribution in [3.63, 3.8) is 0 Å². The highest BCUT2D eigenvalue weighted by Crippen LogP contribution is 2.22. The Morgan fingerprint density at radius 1 is 1.45 bits per heavy atom. The van der Waals surface area contributed by atoms with Crippen molar-refractivity contribution in [2.24, 2.45) is 5.92 Å². The number of amides is 1. The molecule has 1 aromatic rings. The fourth-order valence-electron chi connectivity index (χ4n) is 2.80. The Bertz CT molecular complexity index is 460. The quantitative estimate of drug-likeness (QED) is 0.912. The Morgan fingerprint density at radius 2 is 2.10 bits per heavy atom. The Kier molecular flexibility index (Phi) is 4.81. The molecule has 1 amide bonds. The average Bonchev–Trinajstić information content (AvgIpc) is 2.90. The first-order chi connectivity index (χ1) is 9.56. The Balaban J connectivity index is 2.07. The van der Waals surface area contributed by atoms with Gasteiger partial charge >= 0.3 is 0 Å². The van der Waals surface area contributed by atoms with Crippen LogP contribution in [0.5, 0.6) is 0 Å². The molecule has 0 saturated carbocycles. The zero-order valence-corrected chi connectivity index (χ0v) is 12.7. The van der Waals surface area contributed by atoms with E-state index in [1.807, 2.05) is 31.7 Å². The molecule has 1 unspecified atom stereocenters. The molecule has 2 heterocycles. The number of aliphatic hydroxyl groups is 1. The molecule has 2 rings (SSSR count). The van der Waals surface area contributed by atoms with Gasteiger partial charge in [0.25, 0.3) is 5.91 Å². The van der Waals surface area contributed by atoms with E-state index in [-0.39, 0.29) is 12.0 Å². The second-order valence-corrected chi connectivity index (χ2v) is 5.56. The summed E-state index contributed by atoms with van der Waals surface area (Å²) in [5, 5.41) is 14.1. The van der Waals surface area contributed by atoms with Crippen LogP contribution in [0.1, 0.15) is 49.8 Å². The van der Waals surface area contributed by atoms with Gasteiger partial charge < -0.3 is 10.0 Å². The van der Waals surface area contributed by atoms with Crippen molar-refractivity contribution in [2.75, 3.05) is 13.1 Å². The van der Waals surface area contributed by atoms with Crippen LogP contribution in [-0.2, 0) is 13.0 Å². The van der Waals surface area contributed by atoms with E-state index in [1.54, 1.807) is 4.68 Å². The van der Waals surface area contributed by atoms with E-state index in [0.717, 1.165) is 38.0 Å². The molecule has 5 nitrogen and oxygen atoms in total. The summed E-state index contributed by atoms with van der Waals surface area (Å²) < 4.78 is 1.79. The van der Waals surface area contributed by atoms with Crippen molar-refractivity contribution in [1.29, 1.82) is 0 Å². The number of aryl methyl sites for hydroxylation is 2. The molecule has 1 atom stereocenters. The fourth-order valence-corrected chi connectivity index (χ4v) is 2.80. The van der Waals surface area contributed by atoms with Crippen LogP contribution >= 0.6 is 0 Å². The topological polar surface area (TPSA) is 58.4 Å². The molecular formula is C15H25N3O2. The second-order valence-electron chi connectivity index (χ2n) is 5.56. The minimum Gasteiger partial charge on any atom is -0.393 e. The van der Waals surface area contributed by atoms with Crippen molar-refractivity contribution in [1.82, 2.24) is 14.7 Å². The third kappa shape index (κ3) is 3.03. The average molecular weight is 279 g/mol. The lowest BCUT2D eigenvalue weighted by Crippen LogP contribution is -2.41. The number of rotatable bonds is 4. The van der Waals surface area contributed by atoms with Gasteiger partial charge in [-0.15, -0.1) is 0 Å². The molecule has 0 aromatic carbocycles. The smallest absolute Gasteiger partial charge is 0.272 e. The van der Waals surface area contributed by atoms with Crippen LogP contribution in [-0.4, -0.2) is 44.9 Å². The predicted octanol–water partition coefficient (Wildman–Crippen LogP) is 1.70. The van der Waals surface area contributed by atoms with Gasteiger partial charge in [0.15, 0.2) is 0 Å². The minimum atomic E-state index is -0.278. The van der Waals surface area contributed by atoms with E-state index in [9.17, 15) is 9.90 Å². The first kappa shape index (κ1) is 15.0. The maximum absolute atomic E-state index is 12.6. The van der Waals surface area contributed by atoms with Crippen LogP contribution in [0.2, 0.25) is 0 Å². The van der Waals surface area contributed by atoms with Gasteiger partial charge in [-0.05, 0) is 45.1 Å². The van der Waals surface area contributed by atoms with Gasteiger partial charge in [-0.25, -0.2) is 0 Å². The SMILES string of the molecule is CCc1cc(C(=O)N2CCC(C(C)O)CC2)n(CC)n1. The van der Waals surface area contributed by atoms with Gasteiger partial charge in [-0.3, -0.25) is 9.48 Å². The Morgan fingerprint density at radius 3 is 2.60 bits per heavy atom. The summed E-state index contributed by atoms with van der Waals surface area (Å²) in [6.07, 6.45) is 2.33. The molecular weight excluding hydrogens is 254 g/mol. The normalized spacial score (nSPS) is 18.3. The van der Waals surface area contributed by atoms with Crippen LogP contribution in [0.4, 0.5) is 0 Å². The highest BCUT2D eigenvalue weighted by molar-refractivity contribution is 5.92. The van der Waals surface area contributed by atoms with E-state index >= 15 is 0 Å². The summed E-state index contributed by atoms with van der Waals surface area (Å²) in [5.41, 5.74) is 1.66. The molecule has 1 aliphatic rings. The standard InChI is InChI=1S/C15H25N3O2/c1-4-13-10-14(18(5-2)16-13)15(20)17-8-6-12(7-9-17)11(3)19/h10-12,19H,4-9H2,1-3H3. The van der Waals surface area contributed by atoms with Gasteiger partial charge in [0.05, 0.1) is 11.8 Å². The predicted molar refractivity (Wildman–Crippen MR) is 77.6 cm³/mol. The molecule has 0 bridgehead atoms. The summed E-state index contributed by atoms with van der Waals surface area (Å²) in [4.78, 5) is 14.5.